The molecule has 2 aromatic rings. The summed E-state index contributed by atoms with van der Waals surface area (Å²) >= 11 is 1.81. The van der Waals surface area contributed by atoms with Crippen LogP contribution in [-0.2, 0) is 0 Å². The van der Waals surface area contributed by atoms with Gasteiger partial charge in [-0.25, -0.2) is 0 Å². The van der Waals surface area contributed by atoms with Crippen LogP contribution in [0, 0.1) is 5.92 Å². The molecule has 0 aliphatic carbocycles. The number of thioether (sulfide) groups is 1. The lowest BCUT2D eigenvalue weighted by Crippen LogP contribution is -2.52. The Morgan fingerprint density at radius 2 is 1.79 bits per heavy atom. The van der Waals surface area contributed by atoms with E-state index in [1.807, 2.05) is 48.2 Å². The zero-order valence-corrected chi connectivity index (χ0v) is 15.4. The van der Waals surface area contributed by atoms with Crippen molar-refractivity contribution >= 4 is 35.7 Å². The molecule has 1 heterocycles. The van der Waals surface area contributed by atoms with Crippen LogP contribution in [0.5, 0.6) is 0 Å². The van der Waals surface area contributed by atoms with Crippen LogP contribution in [-0.4, -0.2) is 23.0 Å². The standard InChI is InChI=1S/C19H23BN2OS/c1-13(2)19-17-10-5-6-11-18(17)20(23)22(21-19)15-8-7-9-16(12-15)24-14(3)4/h5-14,23H,1-4H3. The van der Waals surface area contributed by atoms with Crippen LogP contribution in [0.4, 0.5) is 5.69 Å². The first-order chi connectivity index (χ1) is 11.5. The minimum Gasteiger partial charge on any atom is -0.427 e. The molecule has 0 radical (unpaired) electrons. The van der Waals surface area contributed by atoms with Crippen molar-refractivity contribution in [3.63, 3.8) is 0 Å². The summed E-state index contributed by atoms with van der Waals surface area (Å²) in [6, 6.07) is 16.2. The highest BCUT2D eigenvalue weighted by Gasteiger charge is 2.34. The molecular weight excluding hydrogens is 315 g/mol. The zero-order chi connectivity index (χ0) is 17.3. The minimum absolute atomic E-state index is 0.286. The predicted molar refractivity (Wildman–Crippen MR) is 105 cm³/mol. The van der Waals surface area contributed by atoms with E-state index in [4.69, 9.17) is 5.10 Å². The fraction of sp³-hybridized carbons (Fsp3) is 0.316. The van der Waals surface area contributed by atoms with Crippen molar-refractivity contribution in [3.8, 4) is 0 Å². The molecule has 0 fully saturated rings. The highest BCUT2D eigenvalue weighted by molar-refractivity contribution is 7.99. The Morgan fingerprint density at radius 1 is 1.04 bits per heavy atom. The van der Waals surface area contributed by atoms with Gasteiger partial charge >= 0.3 is 7.05 Å². The number of hydrogen-bond donors (Lipinski definition) is 1. The molecule has 0 unspecified atom stereocenters. The molecule has 0 saturated heterocycles. The molecule has 0 bridgehead atoms. The monoisotopic (exact) mass is 338 g/mol. The molecule has 1 N–H and O–H groups in total. The number of hydrogen-bond acceptors (Lipinski definition) is 4. The lowest BCUT2D eigenvalue weighted by molar-refractivity contribution is 0.577. The number of rotatable bonds is 4. The van der Waals surface area contributed by atoms with E-state index in [-0.39, 0.29) is 5.92 Å². The van der Waals surface area contributed by atoms with Gasteiger partial charge in [0.15, 0.2) is 0 Å². The summed E-state index contributed by atoms with van der Waals surface area (Å²) in [5, 5.41) is 16.2. The Hall–Kier alpha value is -1.72. The van der Waals surface area contributed by atoms with E-state index in [2.05, 4.69) is 39.8 Å². The van der Waals surface area contributed by atoms with E-state index in [0.717, 1.165) is 22.4 Å². The van der Waals surface area contributed by atoms with Gasteiger partial charge in [-0.05, 0) is 35.1 Å². The largest absolute Gasteiger partial charge is 0.471 e. The van der Waals surface area contributed by atoms with Crippen molar-refractivity contribution in [2.45, 2.75) is 37.8 Å². The first-order valence-corrected chi connectivity index (χ1v) is 9.27. The molecule has 0 aromatic heterocycles. The summed E-state index contributed by atoms with van der Waals surface area (Å²) in [6.07, 6.45) is 0. The highest BCUT2D eigenvalue weighted by Crippen LogP contribution is 2.29. The van der Waals surface area contributed by atoms with Gasteiger partial charge in [0.2, 0.25) is 0 Å². The second kappa shape index (κ2) is 7.03. The Balaban J connectivity index is 2.04. The average molecular weight is 338 g/mol. The van der Waals surface area contributed by atoms with Gasteiger partial charge in [-0.1, -0.05) is 58.0 Å². The van der Waals surface area contributed by atoms with Crippen LogP contribution in [0.1, 0.15) is 33.3 Å². The topological polar surface area (TPSA) is 35.8 Å². The molecule has 1 aliphatic heterocycles. The van der Waals surface area contributed by atoms with Crippen LogP contribution in [0.15, 0.2) is 58.5 Å². The summed E-state index contributed by atoms with van der Waals surface area (Å²) in [5.41, 5.74) is 3.89. The molecule has 0 amide bonds. The first-order valence-electron chi connectivity index (χ1n) is 8.39. The van der Waals surface area contributed by atoms with Crippen LogP contribution in [0.25, 0.3) is 0 Å². The summed E-state index contributed by atoms with van der Waals surface area (Å²) in [7, 11) is -0.761. The number of benzene rings is 2. The number of fused-ring (bicyclic) bond motifs is 1. The van der Waals surface area contributed by atoms with Crippen LogP contribution < -0.4 is 10.4 Å². The SMILES string of the molecule is CC(C)Sc1cccc(N2N=C(C(C)C)c3ccccc3B2O)c1. The molecule has 3 rings (SSSR count). The van der Waals surface area contributed by atoms with E-state index in [0.29, 0.717) is 5.25 Å². The molecule has 124 valence electrons. The van der Waals surface area contributed by atoms with Crippen molar-refractivity contribution < 1.29 is 5.02 Å². The average Bonchev–Trinajstić information content (AvgIpc) is 2.55. The molecule has 0 spiro atoms. The maximum atomic E-state index is 10.9. The Morgan fingerprint density at radius 3 is 2.50 bits per heavy atom. The maximum absolute atomic E-state index is 10.9. The normalized spacial score (nSPS) is 14.2. The number of anilines is 1. The molecule has 2 aromatic carbocycles. The minimum atomic E-state index is -0.761. The third-order valence-electron chi connectivity index (χ3n) is 3.96. The van der Waals surface area contributed by atoms with Crippen LogP contribution >= 0.6 is 11.8 Å². The second-order valence-electron chi connectivity index (χ2n) is 6.61. The summed E-state index contributed by atoms with van der Waals surface area (Å²) in [4.78, 5) is 2.93. The van der Waals surface area contributed by atoms with Gasteiger partial charge in [0.05, 0.1) is 5.71 Å². The molecular formula is C19H23BN2OS. The summed E-state index contributed by atoms with van der Waals surface area (Å²) in [5.74, 6) is 0.286. The predicted octanol–water partition coefficient (Wildman–Crippen LogP) is 3.75. The number of hydrazone groups is 1. The van der Waals surface area contributed by atoms with E-state index < -0.39 is 7.05 Å². The van der Waals surface area contributed by atoms with Crippen LogP contribution in [0.3, 0.4) is 0 Å². The highest BCUT2D eigenvalue weighted by atomic mass is 32.2. The second-order valence-corrected chi connectivity index (χ2v) is 8.26. The van der Waals surface area contributed by atoms with Gasteiger partial charge in [-0.3, -0.25) is 4.92 Å². The fourth-order valence-corrected chi connectivity index (χ4v) is 3.80. The molecule has 3 nitrogen and oxygen atoms in total. The van der Waals surface area contributed by atoms with Crippen molar-refractivity contribution in [2.75, 3.05) is 4.92 Å². The van der Waals surface area contributed by atoms with E-state index >= 15 is 0 Å². The van der Waals surface area contributed by atoms with Gasteiger partial charge in [0.1, 0.15) is 0 Å². The van der Waals surface area contributed by atoms with Crippen molar-refractivity contribution in [1.82, 2.24) is 0 Å². The third-order valence-corrected chi connectivity index (χ3v) is 4.96. The van der Waals surface area contributed by atoms with Gasteiger partial charge in [0, 0.05) is 15.8 Å². The van der Waals surface area contributed by atoms with Crippen molar-refractivity contribution in [2.24, 2.45) is 11.0 Å². The van der Waals surface area contributed by atoms with E-state index in [1.54, 1.807) is 4.92 Å². The molecule has 0 atom stereocenters. The zero-order valence-electron chi connectivity index (χ0n) is 14.6. The first kappa shape index (κ1) is 17.1. The Labute approximate surface area is 148 Å². The smallest absolute Gasteiger partial charge is 0.427 e. The third kappa shape index (κ3) is 3.37. The molecule has 1 aliphatic rings. The van der Waals surface area contributed by atoms with Gasteiger partial charge in [0.25, 0.3) is 0 Å². The van der Waals surface area contributed by atoms with Crippen LogP contribution in [0.2, 0.25) is 0 Å². The quantitative estimate of drug-likeness (QED) is 0.681. The van der Waals surface area contributed by atoms with Crippen molar-refractivity contribution in [1.29, 1.82) is 0 Å². The molecule has 5 heteroatoms. The lowest BCUT2D eigenvalue weighted by Gasteiger charge is -2.31. The van der Waals surface area contributed by atoms with Gasteiger partial charge in [-0.15, -0.1) is 11.8 Å². The lowest BCUT2D eigenvalue weighted by atomic mass is 9.67. The fourth-order valence-electron chi connectivity index (χ4n) is 2.91. The Kier molecular flexibility index (Phi) is 5.02. The van der Waals surface area contributed by atoms with Gasteiger partial charge in [-0.2, -0.15) is 5.10 Å². The Bertz CT molecular complexity index is 761. The van der Waals surface area contributed by atoms with E-state index in [1.165, 1.54) is 4.90 Å². The van der Waals surface area contributed by atoms with Gasteiger partial charge < -0.3 is 5.02 Å². The summed E-state index contributed by atoms with van der Waals surface area (Å²) in [6.45, 7) is 8.63. The summed E-state index contributed by atoms with van der Waals surface area (Å²) < 4.78 is 0. The maximum Gasteiger partial charge on any atom is 0.471 e. The van der Waals surface area contributed by atoms with Crippen molar-refractivity contribution in [3.05, 3.63) is 54.1 Å². The molecule has 0 saturated carbocycles. The van der Waals surface area contributed by atoms with E-state index in [9.17, 15) is 5.02 Å². The number of nitrogens with zero attached hydrogens (tertiary/aromatic N) is 2. The molecule has 24 heavy (non-hydrogen) atoms.